The van der Waals surface area contributed by atoms with Crippen LogP contribution in [0.2, 0.25) is 0 Å². The molecule has 4 nitrogen and oxygen atoms in total. The fourth-order valence-electron chi connectivity index (χ4n) is 0.274. The molecule has 0 aromatic carbocycles. The Bertz CT molecular complexity index is 273. The third-order valence-electron chi connectivity index (χ3n) is 0.697. The molecule has 0 radical (unpaired) electrons. The molecule has 0 spiro atoms. The van der Waals surface area contributed by atoms with Gasteiger partial charge in [-0.05, 0) is 0 Å². The van der Waals surface area contributed by atoms with E-state index in [0.29, 0.717) is 0 Å². The first kappa shape index (κ1) is 17.7. The van der Waals surface area contributed by atoms with Crippen molar-refractivity contribution in [1.82, 2.24) is 0 Å². The molecule has 0 heterocycles. The van der Waals surface area contributed by atoms with Crippen molar-refractivity contribution in [1.29, 1.82) is 21.0 Å². The predicted octanol–water partition coefficient (Wildman–Crippen LogP) is -5.39. The van der Waals surface area contributed by atoms with Gasteiger partial charge in [-0.3, -0.25) is 0 Å². The Morgan fingerprint density at radius 2 is 0.833 bits per heavy atom. The molecule has 0 atom stereocenters. The van der Waals surface area contributed by atoms with Crippen molar-refractivity contribution in [2.24, 2.45) is 0 Å². The van der Waals surface area contributed by atoms with Crippen LogP contribution < -0.4 is 59.1 Å². The standard InChI is InChI=1S/C6N4.2Na.2H/c7-1-5(2-8)6(3-9)4-10;;;;/q;2*+1;2*-1. The number of nitriles is 4. The minimum absolute atomic E-state index is 0. The van der Waals surface area contributed by atoms with Gasteiger partial charge in [-0.1, -0.05) is 0 Å². The normalized spacial score (nSPS) is 4.67. The minimum Gasteiger partial charge on any atom is -1.00 e. The Hall–Kier alpha value is -0.300. The van der Waals surface area contributed by atoms with Crippen molar-refractivity contribution in [2.45, 2.75) is 0 Å². The molecule has 0 amide bonds. The summed E-state index contributed by atoms with van der Waals surface area (Å²) in [5, 5.41) is 32.5. The second-order valence-corrected chi connectivity index (χ2v) is 1.20. The Balaban J connectivity index is -0.0000000675. The summed E-state index contributed by atoms with van der Waals surface area (Å²) >= 11 is 0. The molecule has 0 bridgehead atoms. The maximum atomic E-state index is 8.13. The van der Waals surface area contributed by atoms with Gasteiger partial charge in [-0.15, -0.1) is 0 Å². The quantitative estimate of drug-likeness (QED) is 0.272. The third kappa shape index (κ3) is 5.36. The number of allylic oxidation sites excluding steroid dienone is 2. The van der Waals surface area contributed by atoms with Crippen molar-refractivity contribution in [2.75, 3.05) is 0 Å². The van der Waals surface area contributed by atoms with Crippen LogP contribution in [0, 0.1) is 45.3 Å². The largest absolute Gasteiger partial charge is 1.00 e. The number of hydrogen-bond acceptors (Lipinski definition) is 4. The molecule has 0 aromatic rings. The van der Waals surface area contributed by atoms with E-state index in [4.69, 9.17) is 21.0 Å². The Labute approximate surface area is 117 Å². The van der Waals surface area contributed by atoms with Gasteiger partial charge in [0, 0.05) is 0 Å². The maximum Gasteiger partial charge on any atom is 1.00 e. The summed E-state index contributed by atoms with van der Waals surface area (Å²) in [7, 11) is 0. The first-order valence-corrected chi connectivity index (χ1v) is 2.14. The Kier molecular flexibility index (Phi) is 15.8. The van der Waals surface area contributed by atoms with E-state index in [-0.39, 0.29) is 62.0 Å². The molecule has 0 N–H and O–H groups in total. The molecule has 0 aromatic heterocycles. The second kappa shape index (κ2) is 10.7. The summed E-state index contributed by atoms with van der Waals surface area (Å²) < 4.78 is 0. The zero-order valence-corrected chi connectivity index (χ0v) is 10.8. The molecule has 6 heteroatoms. The Morgan fingerprint density at radius 1 is 0.667 bits per heavy atom. The Morgan fingerprint density at radius 3 is 0.917 bits per heavy atom. The van der Waals surface area contributed by atoms with Crippen LogP contribution in [0.5, 0.6) is 0 Å². The number of rotatable bonds is 0. The molecular formula is C6H2N4Na2. The van der Waals surface area contributed by atoms with Crippen LogP contribution in [0.15, 0.2) is 11.1 Å². The maximum absolute atomic E-state index is 8.13. The van der Waals surface area contributed by atoms with Gasteiger partial charge < -0.3 is 2.85 Å². The molecule has 0 saturated carbocycles. The summed E-state index contributed by atoms with van der Waals surface area (Å²) in [4.78, 5) is 0. The van der Waals surface area contributed by atoms with Crippen LogP contribution in [0.4, 0.5) is 0 Å². The van der Waals surface area contributed by atoms with Crippen molar-refractivity contribution in [3.8, 4) is 24.3 Å². The van der Waals surface area contributed by atoms with Crippen molar-refractivity contribution in [3.05, 3.63) is 11.1 Å². The minimum atomic E-state index is -0.440. The number of hydrogen-bond donors (Lipinski definition) is 0. The summed E-state index contributed by atoms with van der Waals surface area (Å²) in [5.74, 6) is 0. The van der Waals surface area contributed by atoms with Gasteiger partial charge in [-0.25, -0.2) is 0 Å². The van der Waals surface area contributed by atoms with E-state index in [2.05, 4.69) is 0 Å². The van der Waals surface area contributed by atoms with Gasteiger partial charge in [0.1, 0.15) is 24.3 Å². The van der Waals surface area contributed by atoms with E-state index >= 15 is 0 Å². The zero-order chi connectivity index (χ0) is 7.98. The van der Waals surface area contributed by atoms with Crippen LogP contribution in [0.25, 0.3) is 0 Å². The van der Waals surface area contributed by atoms with Crippen molar-refractivity contribution >= 4 is 0 Å². The zero-order valence-electron chi connectivity index (χ0n) is 8.79. The van der Waals surface area contributed by atoms with Gasteiger partial charge in [0.15, 0.2) is 11.1 Å². The van der Waals surface area contributed by atoms with Crippen molar-refractivity contribution in [3.63, 3.8) is 0 Å². The van der Waals surface area contributed by atoms with Crippen LogP contribution in [0.1, 0.15) is 2.85 Å². The third-order valence-corrected chi connectivity index (χ3v) is 0.697. The molecule has 0 saturated heterocycles. The summed E-state index contributed by atoms with van der Waals surface area (Å²) in [6, 6.07) is 5.71. The molecule has 12 heavy (non-hydrogen) atoms. The molecule has 0 aliphatic heterocycles. The first-order chi connectivity index (χ1) is 4.79. The van der Waals surface area contributed by atoms with E-state index in [9.17, 15) is 0 Å². The molecular weight excluding hydrogens is 174 g/mol. The van der Waals surface area contributed by atoms with Gasteiger partial charge in [0.05, 0.1) is 0 Å². The van der Waals surface area contributed by atoms with E-state index < -0.39 is 11.1 Å². The molecule has 0 aliphatic rings. The van der Waals surface area contributed by atoms with Gasteiger partial charge >= 0.3 is 59.1 Å². The summed E-state index contributed by atoms with van der Waals surface area (Å²) in [6.45, 7) is 0. The topological polar surface area (TPSA) is 95.2 Å². The molecule has 0 unspecified atom stereocenters. The second-order valence-electron chi connectivity index (χ2n) is 1.20. The fourth-order valence-corrected chi connectivity index (χ4v) is 0.274. The SMILES string of the molecule is N#CC(C#N)=C(C#N)C#N.[H-].[H-].[Na+].[Na+]. The van der Waals surface area contributed by atoms with E-state index in [1.807, 2.05) is 0 Å². The molecule has 48 valence electrons. The van der Waals surface area contributed by atoms with Gasteiger partial charge in [0.2, 0.25) is 0 Å². The molecule has 0 rings (SSSR count). The number of nitrogens with zero attached hydrogens (tertiary/aromatic N) is 4. The predicted molar refractivity (Wildman–Crippen MR) is 31.7 cm³/mol. The van der Waals surface area contributed by atoms with Crippen LogP contribution in [0.3, 0.4) is 0 Å². The van der Waals surface area contributed by atoms with Gasteiger partial charge in [0.25, 0.3) is 0 Å². The molecule has 0 fully saturated rings. The fraction of sp³-hybridized carbons (Fsp3) is 0. The first-order valence-electron chi connectivity index (χ1n) is 2.14. The van der Waals surface area contributed by atoms with Crippen molar-refractivity contribution < 1.29 is 62.0 Å². The van der Waals surface area contributed by atoms with E-state index in [1.54, 1.807) is 0 Å². The average molecular weight is 176 g/mol. The summed E-state index contributed by atoms with van der Waals surface area (Å²) in [6.07, 6.45) is 0. The monoisotopic (exact) mass is 176 g/mol. The summed E-state index contributed by atoms with van der Waals surface area (Å²) in [5.41, 5.74) is -0.880. The van der Waals surface area contributed by atoms with Crippen LogP contribution in [-0.2, 0) is 0 Å². The average Bonchev–Trinajstić information content (AvgIpc) is 2.00. The smallest absolute Gasteiger partial charge is 1.00 e. The van der Waals surface area contributed by atoms with Crippen LogP contribution in [-0.4, -0.2) is 0 Å². The van der Waals surface area contributed by atoms with E-state index in [0.717, 1.165) is 0 Å². The van der Waals surface area contributed by atoms with Crippen LogP contribution >= 0.6 is 0 Å². The molecule has 0 aliphatic carbocycles. The van der Waals surface area contributed by atoms with Gasteiger partial charge in [-0.2, -0.15) is 21.0 Å². The van der Waals surface area contributed by atoms with E-state index in [1.165, 1.54) is 24.3 Å².